The Balaban J connectivity index is -0.000000308. The van der Waals surface area contributed by atoms with Gasteiger partial charge in [0.25, 0.3) is 31.8 Å². The molecule has 0 aliphatic heterocycles. The van der Waals surface area contributed by atoms with Gasteiger partial charge in [0.1, 0.15) is 0 Å². The van der Waals surface area contributed by atoms with Crippen LogP contribution in [0.1, 0.15) is 144 Å². The van der Waals surface area contributed by atoms with Gasteiger partial charge in [0, 0.05) is 116 Å². The van der Waals surface area contributed by atoms with Gasteiger partial charge in [-0.05, 0) is 246 Å². The van der Waals surface area contributed by atoms with Crippen LogP contribution in [0.3, 0.4) is 0 Å². The number of rotatable bonds is 13. The van der Waals surface area contributed by atoms with Gasteiger partial charge in [0.05, 0.1) is 32.3 Å². The highest BCUT2D eigenvalue weighted by Gasteiger charge is 2.28. The molecule has 18 nitrogen and oxygen atoms in total. The van der Waals surface area contributed by atoms with E-state index in [2.05, 4.69) is 207 Å². The number of alkyl halides is 12. The Morgan fingerprint density at radius 1 is 0.415 bits per heavy atom. The second-order valence-electron chi connectivity index (χ2n) is 24.1. The van der Waals surface area contributed by atoms with Crippen molar-refractivity contribution in [3.63, 3.8) is 0 Å². The number of nitrogens with two attached hydrogens (primary N) is 4. The number of nitro benzene ring substituents is 4. The lowest BCUT2D eigenvalue weighted by atomic mass is 10.1. The molecule has 8 aromatic carbocycles. The van der Waals surface area contributed by atoms with E-state index in [1.807, 2.05) is 91.2 Å². The monoisotopic (exact) mass is 2480 g/mol. The van der Waals surface area contributed by atoms with Crippen LogP contribution in [0.25, 0.3) is 0 Å². The quantitative estimate of drug-likeness (QED) is 0.00684. The summed E-state index contributed by atoms with van der Waals surface area (Å²) in [7, 11) is 7.41. The third-order valence-electron chi connectivity index (χ3n) is 14.4. The summed E-state index contributed by atoms with van der Waals surface area (Å²) >= 11 is 18.5. The number of benzene rings is 8. The molecule has 0 aromatic heterocycles. The van der Waals surface area contributed by atoms with Gasteiger partial charge >= 0.3 is 12.4 Å². The highest BCUT2D eigenvalue weighted by molar-refractivity contribution is 14.2. The lowest BCUT2D eigenvalue weighted by Crippen LogP contribution is -2.10. The molecule has 0 atom stereocenters. The van der Waals surface area contributed by atoms with E-state index in [4.69, 9.17) is 33.6 Å². The molecule has 0 fully saturated rings. The summed E-state index contributed by atoms with van der Waals surface area (Å²) in [5, 5.41) is 43.1. The van der Waals surface area contributed by atoms with Crippen LogP contribution in [0.5, 0.6) is 0 Å². The Labute approximate surface area is 807 Å². The summed E-state index contributed by atoms with van der Waals surface area (Å²) in [4.78, 5) is 50.5. The first kappa shape index (κ1) is 126. The third kappa shape index (κ3) is 53.2. The topological polar surface area (TPSA) is 311 Å². The van der Waals surface area contributed by atoms with Gasteiger partial charge in [-0.1, -0.05) is 257 Å². The average Bonchev–Trinajstić information content (AvgIpc) is 0.807. The molecule has 664 valence electrons. The van der Waals surface area contributed by atoms with Gasteiger partial charge in [-0.15, -0.1) is 24.4 Å². The molecule has 0 amide bonds. The van der Waals surface area contributed by atoms with Crippen molar-refractivity contribution in [2.24, 2.45) is 0 Å². The fourth-order valence-corrected chi connectivity index (χ4v) is 15.8. The fraction of sp³-hybridized carbons (Fsp3) is 0.400. The predicted molar refractivity (Wildman–Crippen MR) is 553 cm³/mol. The molecule has 8 rings (SSSR count). The molecule has 38 heteroatoms. The van der Waals surface area contributed by atoms with Gasteiger partial charge in [0.15, 0.2) is 0 Å². The molecular weight excluding hydrogens is 2370 g/mol. The van der Waals surface area contributed by atoms with E-state index in [1.54, 1.807) is 97.8 Å². The van der Waals surface area contributed by atoms with Crippen molar-refractivity contribution in [2.45, 2.75) is 215 Å². The SMILES string of the molecule is C.CC.CC(I)I.CCC(F)(F)F.CCI.CCI.CI.CI.Cc1cc(C)c(S(=O)(=O)Cl)cc1[N+](=O)[O-].Cc1cc(C)c(S)cc1N.Cc1cc(C)c(SCC(F)(F)F)cc1N.Cc1cc(C)c(SSc2cc(N)c(C)cc2C)cc1N.Cc1cc(C)c([N+](=O)[O-])cc1SSc1cc([N+](=O)[O-])c(C)cc1C.Cc1ccc([N+](=O)[O-])c(C)c1. The lowest BCUT2D eigenvalue weighted by Gasteiger charge is -2.11. The standard InChI is InChI=1S/C16H16N2O4S2.C16H20N2S2.C10H12F3NS.C8H8ClNO4S.C8H9NO2.C8H11NS.C3H5F3.C2H4I2.2C2H5I.C2H6.2CH3I.CH4/c1-9-5-11(3)15(7-13(9)17(19)20)23-24-16-8-14(18(21)22)10(2)6-12(16)4;1-9-5-11(3)15(7-13(9)17)19-20-16-8-14(18)10(2)6-12(16)4;1-6-3-7(2)9(4-8(6)14)15-5-10(11,12)13;1-5-3-6(2)8(15(9,13)14)4-7(5)10(11)12;1-6-3-4-8(9(10)11)7(2)5-6;1-5-3-6(2)8(10)4-7(5)9;1-2-3(4,5)6;1-2(3)4;2*1-2-3;3*1-2;/h5-8H,1-4H3;5-8H,17-18H2,1-4H3;3-4H,5,14H2,1-2H3;3-4H,1-2H3;3-5H,1-2H3;3-4,10H,9H2,1-2H3;2H2,1H3;2H,1H3;2*2H2,1H3;1-2H3;2*1H3;1H4. The number of nitro groups is 4. The molecule has 0 spiro atoms. The van der Waals surface area contributed by atoms with E-state index in [9.17, 15) is 75.2 Å². The summed E-state index contributed by atoms with van der Waals surface area (Å²) < 4.78 is 93.7. The number of thioether (sulfide) groups is 1. The van der Waals surface area contributed by atoms with Gasteiger partial charge in [-0.3, -0.25) is 40.5 Å². The normalized spacial score (nSPS) is 10.1. The summed E-state index contributed by atoms with van der Waals surface area (Å²) in [6.45, 7) is 41.3. The molecular formula is C80H111ClF6I6N8O10S7. The maximum Gasteiger partial charge on any atom is 0.398 e. The van der Waals surface area contributed by atoms with Crippen LogP contribution in [0, 0.1) is 151 Å². The first-order valence-corrected chi connectivity index (χ1v) is 52.6. The molecule has 0 saturated heterocycles. The first-order chi connectivity index (χ1) is 53.9. The zero-order chi connectivity index (χ0) is 92.7. The van der Waals surface area contributed by atoms with Crippen LogP contribution in [0.2, 0.25) is 0 Å². The highest BCUT2D eigenvalue weighted by Crippen LogP contribution is 2.45. The van der Waals surface area contributed by atoms with Crippen molar-refractivity contribution in [3.05, 3.63) is 233 Å². The number of nitrogens with zero attached hydrogens (tertiary/aromatic N) is 4. The second kappa shape index (κ2) is 65.4. The molecule has 0 aliphatic rings. The Bertz CT molecular complexity index is 4390. The largest absolute Gasteiger partial charge is 0.398 e. The van der Waals surface area contributed by atoms with Crippen LogP contribution < -0.4 is 22.9 Å². The number of hydrogen-bond acceptors (Lipinski definition) is 20. The number of hydrogen-bond donors (Lipinski definition) is 5. The number of anilines is 4. The van der Waals surface area contributed by atoms with Gasteiger partial charge in [0.2, 0.25) is 0 Å². The van der Waals surface area contributed by atoms with Gasteiger partial charge < -0.3 is 22.9 Å². The van der Waals surface area contributed by atoms with Crippen molar-refractivity contribution < 1.29 is 54.5 Å². The number of nitrogen functional groups attached to an aromatic ring is 4. The van der Waals surface area contributed by atoms with Crippen LogP contribution in [0.15, 0.2) is 137 Å². The summed E-state index contributed by atoms with van der Waals surface area (Å²) in [5.74, 6) is -0.879. The van der Waals surface area contributed by atoms with E-state index in [0.717, 1.165) is 109 Å². The minimum atomic E-state index is -4.14. The molecule has 8 N–H and O–H groups in total. The van der Waals surface area contributed by atoms with E-state index in [0.29, 0.717) is 32.8 Å². The summed E-state index contributed by atoms with van der Waals surface area (Å²) in [5.41, 5.74) is 40.9. The number of aryl methyl sites for hydroxylation is 16. The van der Waals surface area contributed by atoms with Crippen molar-refractivity contribution in [2.75, 3.05) is 47.4 Å². The minimum absolute atomic E-state index is 0. The number of thiol groups is 1. The Kier molecular flexibility index (Phi) is 69.7. The molecule has 0 saturated carbocycles. The van der Waals surface area contributed by atoms with Crippen molar-refractivity contribution in [3.8, 4) is 0 Å². The van der Waals surface area contributed by atoms with Crippen molar-refractivity contribution >= 4 is 268 Å². The van der Waals surface area contributed by atoms with Crippen molar-refractivity contribution in [1.82, 2.24) is 0 Å². The molecule has 0 heterocycles. The zero-order valence-electron chi connectivity index (χ0n) is 69.7. The molecule has 8 aromatic rings. The minimum Gasteiger partial charge on any atom is -0.398 e. The average molecular weight is 2480 g/mol. The van der Waals surface area contributed by atoms with Crippen LogP contribution >= 0.6 is 214 Å². The van der Waals surface area contributed by atoms with E-state index < -0.39 is 48.3 Å². The first-order valence-electron chi connectivity index (χ1n) is 34.7. The van der Waals surface area contributed by atoms with E-state index >= 15 is 0 Å². The second-order valence-corrected chi connectivity index (χ2v) is 41.8. The van der Waals surface area contributed by atoms with Crippen LogP contribution in [-0.4, -0.2) is 66.9 Å². The fourth-order valence-electron chi connectivity index (χ4n) is 8.58. The van der Waals surface area contributed by atoms with Gasteiger partial charge in [-0.2, -0.15) is 26.3 Å². The predicted octanol–water partition coefficient (Wildman–Crippen LogP) is 31.3. The molecule has 118 heavy (non-hydrogen) atoms. The molecule has 0 aliphatic carbocycles. The van der Waals surface area contributed by atoms with Crippen molar-refractivity contribution in [1.29, 1.82) is 0 Å². The number of halogens is 13. The van der Waals surface area contributed by atoms with E-state index in [1.165, 1.54) is 82.9 Å². The molecule has 0 bridgehead atoms. The Morgan fingerprint density at radius 2 is 0.653 bits per heavy atom. The van der Waals surface area contributed by atoms with Crippen LogP contribution in [-0.2, 0) is 9.05 Å². The summed E-state index contributed by atoms with van der Waals surface area (Å²) in [6, 6.07) is 29.8. The third-order valence-corrected chi connectivity index (χ3v) is 22.9. The zero-order valence-corrected chi connectivity index (χ0v) is 89.2. The lowest BCUT2D eigenvalue weighted by molar-refractivity contribution is -0.385. The van der Waals surface area contributed by atoms with Gasteiger partial charge in [-0.25, -0.2) is 8.42 Å². The molecule has 0 unspecified atom stereocenters. The maximum atomic E-state index is 12.0. The maximum absolute atomic E-state index is 12.0. The molecule has 0 radical (unpaired) electrons. The Hall–Kier alpha value is -3.14. The van der Waals surface area contributed by atoms with E-state index in [-0.39, 0.29) is 40.0 Å². The highest BCUT2D eigenvalue weighted by atomic mass is 127. The van der Waals surface area contributed by atoms with Crippen LogP contribution in [0.4, 0.5) is 71.8 Å². The Morgan fingerprint density at radius 3 is 0.915 bits per heavy atom. The smallest absolute Gasteiger partial charge is 0.398 e. The summed E-state index contributed by atoms with van der Waals surface area (Å²) in [6.07, 6.45) is -8.83.